The van der Waals surface area contributed by atoms with E-state index in [1.165, 1.54) is 0 Å². The number of nitrogens with zero attached hydrogens (tertiary/aromatic N) is 1. The minimum Gasteiger partial charge on any atom is -0.493 e. The maximum Gasteiger partial charge on any atom is 0.363 e. The monoisotopic (exact) mass is 465 g/mol. The lowest BCUT2D eigenvalue weighted by Crippen LogP contribution is -2.05. The first kappa shape index (κ1) is 17.7. The highest BCUT2D eigenvalue weighted by molar-refractivity contribution is 9.10. The van der Waals surface area contributed by atoms with Crippen molar-refractivity contribution in [2.75, 3.05) is 14.2 Å². The van der Waals surface area contributed by atoms with Crippen LogP contribution in [0.4, 0.5) is 0 Å². The third kappa shape index (κ3) is 3.77. The van der Waals surface area contributed by atoms with Gasteiger partial charge >= 0.3 is 5.97 Å². The van der Waals surface area contributed by atoms with E-state index in [9.17, 15) is 4.79 Å². The van der Waals surface area contributed by atoms with Gasteiger partial charge < -0.3 is 14.2 Å². The summed E-state index contributed by atoms with van der Waals surface area (Å²) >= 11 is 6.80. The molecule has 0 aromatic heterocycles. The maximum absolute atomic E-state index is 12.1. The number of hydrogen-bond donors (Lipinski definition) is 0. The SMILES string of the molecule is COc1cc(/C=C2\N=C(c3ccc(Br)cc3)OC2=O)cc(Br)c1OC. The van der Waals surface area contributed by atoms with E-state index in [2.05, 4.69) is 36.9 Å². The number of rotatable bonds is 4. The molecule has 0 saturated carbocycles. The van der Waals surface area contributed by atoms with Crippen LogP contribution in [0.2, 0.25) is 0 Å². The van der Waals surface area contributed by atoms with Gasteiger partial charge in [0.05, 0.1) is 18.7 Å². The molecule has 0 fully saturated rings. The second kappa shape index (κ2) is 7.41. The standard InChI is InChI=1S/C18H13Br2NO4/c1-23-15-9-10(7-13(20)16(15)24-2)8-14-18(22)25-17(21-14)11-3-5-12(19)6-4-11/h3-9H,1-2H3/b14-8-. The van der Waals surface area contributed by atoms with Crippen LogP contribution in [0.3, 0.4) is 0 Å². The number of halogens is 2. The summed E-state index contributed by atoms with van der Waals surface area (Å²) in [5, 5.41) is 0. The average Bonchev–Trinajstić information content (AvgIpc) is 2.95. The number of carbonyl (C=O) groups excluding carboxylic acids is 1. The molecule has 0 spiro atoms. The summed E-state index contributed by atoms with van der Waals surface area (Å²) in [6, 6.07) is 10.9. The molecule has 1 aliphatic heterocycles. The summed E-state index contributed by atoms with van der Waals surface area (Å²) in [7, 11) is 3.11. The van der Waals surface area contributed by atoms with Crippen LogP contribution in [0, 0.1) is 0 Å². The van der Waals surface area contributed by atoms with Crippen molar-refractivity contribution in [1.82, 2.24) is 0 Å². The fraction of sp³-hybridized carbons (Fsp3) is 0.111. The molecular weight excluding hydrogens is 454 g/mol. The molecule has 0 bridgehead atoms. The molecule has 1 heterocycles. The summed E-state index contributed by atoms with van der Waals surface area (Å²) in [4.78, 5) is 16.4. The van der Waals surface area contributed by atoms with Gasteiger partial charge in [-0.2, -0.15) is 0 Å². The molecule has 7 heteroatoms. The smallest absolute Gasteiger partial charge is 0.363 e. The average molecular weight is 467 g/mol. The van der Waals surface area contributed by atoms with Gasteiger partial charge in [0.25, 0.3) is 0 Å². The quantitative estimate of drug-likeness (QED) is 0.489. The first-order valence-corrected chi connectivity index (χ1v) is 8.80. The number of carbonyl (C=O) groups is 1. The minimum atomic E-state index is -0.496. The molecule has 1 aliphatic rings. The molecule has 5 nitrogen and oxygen atoms in total. The van der Waals surface area contributed by atoms with Gasteiger partial charge in [0.2, 0.25) is 5.90 Å². The molecule has 0 atom stereocenters. The molecule has 0 saturated heterocycles. The van der Waals surface area contributed by atoms with E-state index in [1.54, 1.807) is 26.4 Å². The first-order chi connectivity index (χ1) is 12.0. The second-order valence-electron chi connectivity index (χ2n) is 5.08. The van der Waals surface area contributed by atoms with E-state index >= 15 is 0 Å². The van der Waals surface area contributed by atoms with Gasteiger partial charge in [-0.25, -0.2) is 9.79 Å². The molecule has 0 unspecified atom stereocenters. The molecule has 25 heavy (non-hydrogen) atoms. The number of hydrogen-bond acceptors (Lipinski definition) is 5. The van der Waals surface area contributed by atoms with Crippen LogP contribution < -0.4 is 9.47 Å². The Balaban J connectivity index is 1.97. The van der Waals surface area contributed by atoms with Gasteiger partial charge in [0, 0.05) is 10.0 Å². The van der Waals surface area contributed by atoms with Gasteiger partial charge in [0.15, 0.2) is 17.2 Å². The Hall–Kier alpha value is -2.12. The van der Waals surface area contributed by atoms with Crippen molar-refractivity contribution in [1.29, 1.82) is 0 Å². The Kier molecular flexibility index (Phi) is 5.24. The maximum atomic E-state index is 12.1. The zero-order valence-electron chi connectivity index (χ0n) is 13.4. The van der Waals surface area contributed by atoms with Gasteiger partial charge in [-0.1, -0.05) is 15.9 Å². The second-order valence-corrected chi connectivity index (χ2v) is 6.85. The highest BCUT2D eigenvalue weighted by Gasteiger charge is 2.24. The van der Waals surface area contributed by atoms with Crippen molar-refractivity contribution in [3.8, 4) is 11.5 Å². The van der Waals surface area contributed by atoms with Crippen LogP contribution in [0.5, 0.6) is 11.5 Å². The third-order valence-electron chi connectivity index (χ3n) is 3.47. The summed E-state index contributed by atoms with van der Waals surface area (Å²) in [5.74, 6) is 0.914. The minimum absolute atomic E-state index is 0.219. The molecule has 0 radical (unpaired) electrons. The van der Waals surface area contributed by atoms with Gasteiger partial charge in [0.1, 0.15) is 0 Å². The number of aliphatic imine (C=N–C) groups is 1. The van der Waals surface area contributed by atoms with E-state index in [0.717, 1.165) is 15.6 Å². The zero-order chi connectivity index (χ0) is 18.0. The Labute approximate surface area is 161 Å². The number of ether oxygens (including phenoxy) is 3. The summed E-state index contributed by atoms with van der Waals surface area (Å²) < 4.78 is 17.5. The Morgan fingerprint density at radius 3 is 2.44 bits per heavy atom. The van der Waals surface area contributed by atoms with Gasteiger partial charge in [-0.15, -0.1) is 0 Å². The topological polar surface area (TPSA) is 57.1 Å². The van der Waals surface area contributed by atoms with E-state index in [1.807, 2.05) is 30.3 Å². The number of cyclic esters (lactones) is 1. The molecule has 128 valence electrons. The Morgan fingerprint density at radius 2 is 1.80 bits per heavy atom. The molecule has 0 aliphatic carbocycles. The van der Waals surface area contributed by atoms with Crippen LogP contribution in [0.1, 0.15) is 11.1 Å². The van der Waals surface area contributed by atoms with Crippen LogP contribution in [-0.2, 0) is 9.53 Å². The summed E-state index contributed by atoms with van der Waals surface area (Å²) in [5.41, 5.74) is 1.68. The predicted octanol–water partition coefficient (Wildman–Crippen LogP) is 4.57. The van der Waals surface area contributed by atoms with Crippen molar-refractivity contribution in [3.05, 3.63) is 62.2 Å². The highest BCUT2D eigenvalue weighted by atomic mass is 79.9. The summed E-state index contributed by atoms with van der Waals surface area (Å²) in [6.07, 6.45) is 1.64. The molecule has 2 aromatic carbocycles. The van der Waals surface area contributed by atoms with Crippen LogP contribution >= 0.6 is 31.9 Å². The van der Waals surface area contributed by atoms with E-state index < -0.39 is 5.97 Å². The molecule has 0 amide bonds. The highest BCUT2D eigenvalue weighted by Crippen LogP contribution is 2.37. The van der Waals surface area contributed by atoms with E-state index in [-0.39, 0.29) is 11.6 Å². The van der Waals surface area contributed by atoms with E-state index in [4.69, 9.17) is 14.2 Å². The zero-order valence-corrected chi connectivity index (χ0v) is 16.5. The fourth-order valence-electron chi connectivity index (χ4n) is 2.30. The number of benzene rings is 2. The lowest BCUT2D eigenvalue weighted by Gasteiger charge is -2.10. The van der Waals surface area contributed by atoms with Crippen molar-refractivity contribution in [3.63, 3.8) is 0 Å². The fourth-order valence-corrected chi connectivity index (χ4v) is 3.19. The van der Waals surface area contributed by atoms with Crippen molar-refractivity contribution < 1.29 is 19.0 Å². The van der Waals surface area contributed by atoms with Crippen LogP contribution in [0.25, 0.3) is 6.08 Å². The lowest BCUT2D eigenvalue weighted by atomic mass is 10.1. The lowest BCUT2D eigenvalue weighted by molar-refractivity contribution is -0.129. The molecular formula is C18H13Br2NO4. The first-order valence-electron chi connectivity index (χ1n) is 7.22. The normalized spacial score (nSPS) is 15.1. The number of esters is 1. The Bertz CT molecular complexity index is 889. The van der Waals surface area contributed by atoms with Crippen molar-refractivity contribution in [2.45, 2.75) is 0 Å². The van der Waals surface area contributed by atoms with Crippen molar-refractivity contribution >= 4 is 49.8 Å². The Morgan fingerprint density at radius 1 is 1.08 bits per heavy atom. The molecule has 0 N–H and O–H groups in total. The van der Waals surface area contributed by atoms with E-state index in [0.29, 0.717) is 16.0 Å². The van der Waals surface area contributed by atoms with Crippen molar-refractivity contribution in [2.24, 2.45) is 4.99 Å². The summed E-state index contributed by atoms with van der Waals surface area (Å²) in [6.45, 7) is 0. The molecule has 2 aromatic rings. The largest absolute Gasteiger partial charge is 0.493 e. The van der Waals surface area contributed by atoms with Crippen LogP contribution in [-0.4, -0.2) is 26.1 Å². The third-order valence-corrected chi connectivity index (χ3v) is 4.59. The van der Waals surface area contributed by atoms with Crippen LogP contribution in [0.15, 0.2) is 56.0 Å². The molecule has 3 rings (SSSR count). The van der Waals surface area contributed by atoms with Gasteiger partial charge in [-0.05, 0) is 64.0 Å². The predicted molar refractivity (Wildman–Crippen MR) is 102 cm³/mol. The van der Waals surface area contributed by atoms with Gasteiger partial charge in [-0.3, -0.25) is 0 Å². The number of methoxy groups -OCH3 is 2.